The molecule has 1 fully saturated rings. The maximum atomic E-state index is 12.8. The van der Waals surface area contributed by atoms with Crippen molar-refractivity contribution >= 4 is 26.8 Å². The van der Waals surface area contributed by atoms with Crippen molar-refractivity contribution in [2.45, 2.75) is 44.7 Å². The van der Waals surface area contributed by atoms with Crippen LogP contribution in [-0.4, -0.2) is 45.3 Å². The molecular weight excluding hydrogens is 409 g/mol. The molecule has 1 aliphatic heterocycles. The predicted octanol–water partition coefficient (Wildman–Crippen LogP) is 2.74. The van der Waals surface area contributed by atoms with E-state index in [2.05, 4.69) is 4.98 Å². The Morgan fingerprint density at radius 2 is 1.90 bits per heavy atom. The van der Waals surface area contributed by atoms with Crippen LogP contribution in [-0.2, 0) is 16.6 Å². The summed E-state index contributed by atoms with van der Waals surface area (Å²) in [7, 11) is -5.24. The number of aromatic nitrogens is 3. The van der Waals surface area contributed by atoms with Crippen molar-refractivity contribution in [2.75, 3.05) is 13.1 Å². The molecule has 0 aliphatic carbocycles. The fourth-order valence-electron chi connectivity index (χ4n) is 4.22. The quantitative estimate of drug-likeness (QED) is 0.624. The minimum absolute atomic E-state index is 0.0951. The van der Waals surface area contributed by atoms with Crippen molar-refractivity contribution in [1.29, 1.82) is 0 Å². The third-order valence-electron chi connectivity index (χ3n) is 5.72. The molecule has 3 aromatic heterocycles. The summed E-state index contributed by atoms with van der Waals surface area (Å²) >= 11 is 0. The molecular formula is C18H21F3N4O3S. The Hall–Kier alpha value is -2.14. The van der Waals surface area contributed by atoms with Gasteiger partial charge in [-0.15, -0.1) is 0 Å². The van der Waals surface area contributed by atoms with Crippen LogP contribution >= 0.6 is 0 Å². The first-order chi connectivity index (χ1) is 13.6. The van der Waals surface area contributed by atoms with E-state index in [1.165, 1.54) is 0 Å². The zero-order chi connectivity index (χ0) is 21.0. The molecule has 0 spiro atoms. The number of aryl methyl sites for hydroxylation is 2. The van der Waals surface area contributed by atoms with Crippen molar-refractivity contribution in [3.63, 3.8) is 0 Å². The summed E-state index contributed by atoms with van der Waals surface area (Å²) in [5.41, 5.74) is -2.59. The largest absolute Gasteiger partial charge is 0.511 e. The Balaban J connectivity index is 1.40. The van der Waals surface area contributed by atoms with Crippen LogP contribution in [0.2, 0.25) is 0 Å². The van der Waals surface area contributed by atoms with Gasteiger partial charge in [0.05, 0.1) is 5.69 Å². The molecule has 11 heteroatoms. The molecule has 0 unspecified atom stereocenters. The van der Waals surface area contributed by atoms with Crippen molar-refractivity contribution in [2.24, 2.45) is 5.92 Å². The monoisotopic (exact) mass is 430 g/mol. The number of nitrogens with zero attached hydrogens (tertiary/aromatic N) is 4. The standard InChI is InChI=1S/C18H21F3N4O3S/c1-12-16-17(26)24(15-6-2-5-14(22-12)25(15)16)9-3-4-13-7-10-23(11-8-13)29(27,28)18(19,20)21/h2,5-6,13H,3-4,7-11H2,1H3. The SMILES string of the molecule is Cc1nc2cccc3n(CCCC4CCN(S(=O)(=O)C(F)(F)F)CC4)c(=O)c1n23. The molecule has 158 valence electrons. The molecule has 29 heavy (non-hydrogen) atoms. The molecule has 0 N–H and O–H groups in total. The molecule has 4 rings (SSSR count). The third-order valence-corrected chi connectivity index (χ3v) is 7.35. The van der Waals surface area contributed by atoms with Crippen molar-refractivity contribution in [3.8, 4) is 0 Å². The lowest BCUT2D eigenvalue weighted by Gasteiger charge is -2.31. The first kappa shape index (κ1) is 20.1. The van der Waals surface area contributed by atoms with Gasteiger partial charge >= 0.3 is 15.5 Å². The normalized spacial score (nSPS) is 17.7. The number of rotatable bonds is 5. The van der Waals surface area contributed by atoms with E-state index in [-0.39, 0.29) is 24.6 Å². The smallest absolute Gasteiger partial charge is 0.292 e. The number of sulfonamides is 1. The summed E-state index contributed by atoms with van der Waals surface area (Å²) < 4.78 is 65.0. The fraction of sp³-hybridized carbons (Fsp3) is 0.556. The van der Waals surface area contributed by atoms with E-state index in [9.17, 15) is 26.4 Å². The zero-order valence-corrected chi connectivity index (χ0v) is 16.6. The molecule has 1 aliphatic rings. The van der Waals surface area contributed by atoms with E-state index in [1.807, 2.05) is 22.6 Å². The lowest BCUT2D eigenvalue weighted by atomic mass is 9.93. The van der Waals surface area contributed by atoms with E-state index >= 15 is 0 Å². The van der Waals surface area contributed by atoms with Gasteiger partial charge in [-0.3, -0.25) is 13.8 Å². The van der Waals surface area contributed by atoms with Crippen LogP contribution in [0.5, 0.6) is 0 Å². The summed E-state index contributed by atoms with van der Waals surface area (Å²) in [5, 5.41) is 0. The highest BCUT2D eigenvalue weighted by Crippen LogP contribution is 2.31. The second-order valence-electron chi connectivity index (χ2n) is 7.52. The Kier molecular flexibility index (Phi) is 4.85. The molecule has 0 atom stereocenters. The van der Waals surface area contributed by atoms with Gasteiger partial charge in [0.25, 0.3) is 5.56 Å². The molecule has 0 saturated carbocycles. The highest BCUT2D eigenvalue weighted by Gasteiger charge is 2.50. The number of alkyl halides is 3. The van der Waals surface area contributed by atoms with Gasteiger partial charge in [-0.05, 0) is 50.7 Å². The lowest BCUT2D eigenvalue weighted by Crippen LogP contribution is -2.44. The van der Waals surface area contributed by atoms with Gasteiger partial charge in [-0.2, -0.15) is 17.5 Å². The van der Waals surface area contributed by atoms with Gasteiger partial charge in [0.2, 0.25) is 0 Å². The first-order valence-electron chi connectivity index (χ1n) is 9.47. The van der Waals surface area contributed by atoms with Gasteiger partial charge < -0.3 is 0 Å². The van der Waals surface area contributed by atoms with Crippen molar-refractivity contribution in [1.82, 2.24) is 18.3 Å². The Morgan fingerprint density at radius 1 is 1.21 bits per heavy atom. The Labute approximate surface area is 165 Å². The highest BCUT2D eigenvalue weighted by atomic mass is 32.2. The van der Waals surface area contributed by atoms with E-state index in [1.54, 1.807) is 11.5 Å². The molecule has 4 heterocycles. The van der Waals surface area contributed by atoms with Crippen molar-refractivity contribution in [3.05, 3.63) is 34.2 Å². The van der Waals surface area contributed by atoms with Crippen molar-refractivity contribution < 1.29 is 21.6 Å². The predicted molar refractivity (Wildman–Crippen MR) is 101 cm³/mol. The second-order valence-corrected chi connectivity index (χ2v) is 9.45. The van der Waals surface area contributed by atoms with Crippen LogP contribution in [0.4, 0.5) is 13.2 Å². The van der Waals surface area contributed by atoms with Gasteiger partial charge in [-0.25, -0.2) is 13.4 Å². The number of hydrogen-bond acceptors (Lipinski definition) is 4. The summed E-state index contributed by atoms with van der Waals surface area (Å²) in [6.45, 7) is 2.06. The molecule has 0 aromatic carbocycles. The highest BCUT2D eigenvalue weighted by molar-refractivity contribution is 7.90. The minimum Gasteiger partial charge on any atom is -0.292 e. The molecule has 0 radical (unpaired) electrons. The summed E-state index contributed by atoms with van der Waals surface area (Å²) in [6, 6.07) is 5.56. The van der Waals surface area contributed by atoms with E-state index in [0.29, 0.717) is 41.3 Å². The molecule has 3 aromatic rings. The first-order valence-corrected chi connectivity index (χ1v) is 10.9. The number of pyridine rings is 1. The van der Waals surface area contributed by atoms with Gasteiger partial charge in [-0.1, -0.05) is 6.07 Å². The molecule has 1 saturated heterocycles. The zero-order valence-electron chi connectivity index (χ0n) is 15.8. The van der Waals surface area contributed by atoms with E-state index in [4.69, 9.17) is 0 Å². The maximum Gasteiger partial charge on any atom is 0.511 e. The summed E-state index contributed by atoms with van der Waals surface area (Å²) in [5.74, 6) is 0.144. The van der Waals surface area contributed by atoms with Crippen LogP contribution in [0.1, 0.15) is 31.4 Å². The van der Waals surface area contributed by atoms with Gasteiger partial charge in [0.15, 0.2) is 0 Å². The van der Waals surface area contributed by atoms with Crippen LogP contribution in [0.15, 0.2) is 23.0 Å². The van der Waals surface area contributed by atoms with E-state index < -0.39 is 15.5 Å². The minimum atomic E-state index is -5.25. The topological polar surface area (TPSA) is 76.7 Å². The average molecular weight is 430 g/mol. The summed E-state index contributed by atoms with van der Waals surface area (Å²) in [4.78, 5) is 17.2. The molecule has 7 nitrogen and oxygen atoms in total. The maximum absolute atomic E-state index is 12.8. The second kappa shape index (κ2) is 6.98. The number of imidazole rings is 2. The van der Waals surface area contributed by atoms with E-state index in [0.717, 1.165) is 17.7 Å². The fourth-order valence-corrected chi connectivity index (χ4v) is 5.21. The average Bonchev–Trinajstić information content (AvgIpc) is 3.14. The van der Waals surface area contributed by atoms with Crippen LogP contribution in [0.3, 0.4) is 0 Å². The van der Waals surface area contributed by atoms with Gasteiger partial charge in [0, 0.05) is 19.6 Å². The Bertz CT molecular complexity index is 1190. The number of halogens is 3. The molecule has 0 amide bonds. The van der Waals surface area contributed by atoms with Crippen LogP contribution in [0.25, 0.3) is 16.8 Å². The lowest BCUT2D eigenvalue weighted by molar-refractivity contribution is -0.0497. The van der Waals surface area contributed by atoms with Crippen LogP contribution < -0.4 is 5.56 Å². The van der Waals surface area contributed by atoms with Crippen LogP contribution in [0, 0.1) is 12.8 Å². The summed E-state index contributed by atoms with van der Waals surface area (Å²) in [6.07, 6.45) is 2.20. The Morgan fingerprint density at radius 3 is 2.55 bits per heavy atom. The molecule has 0 bridgehead atoms. The van der Waals surface area contributed by atoms with Gasteiger partial charge in [0.1, 0.15) is 16.8 Å². The number of hydrogen-bond donors (Lipinski definition) is 0. The number of piperidine rings is 1. The third kappa shape index (κ3) is 3.29.